The van der Waals surface area contributed by atoms with E-state index >= 15 is 0 Å². The molecule has 0 heterocycles. The van der Waals surface area contributed by atoms with Crippen LogP contribution in [0.15, 0.2) is 0 Å². The van der Waals surface area contributed by atoms with Gasteiger partial charge in [-0.1, -0.05) is 32.1 Å². The van der Waals surface area contributed by atoms with Crippen LogP contribution in [0.2, 0.25) is 0 Å². The second kappa shape index (κ2) is 3.57. The average Bonchev–Trinajstić information content (AvgIpc) is 1.85. The van der Waals surface area contributed by atoms with E-state index in [0.717, 1.165) is 0 Å². The highest BCUT2D eigenvalue weighted by Gasteiger charge is 2.22. The van der Waals surface area contributed by atoms with Crippen molar-refractivity contribution in [3.63, 3.8) is 0 Å². The van der Waals surface area contributed by atoms with E-state index in [2.05, 4.69) is 6.42 Å². The Hall–Kier alpha value is -0.0400. The Morgan fingerprint density at radius 3 is 2.18 bits per heavy atom. The lowest BCUT2D eigenvalue weighted by Gasteiger charge is -2.27. The standard InChI is InChI=1S/C10H19O/c1-10(2,11)8-9-6-4-3-5-7-9/h8-9,11H,3-7H2,1-2H3. The highest BCUT2D eigenvalue weighted by atomic mass is 16.3. The Morgan fingerprint density at radius 1 is 1.18 bits per heavy atom. The first-order valence-corrected chi connectivity index (χ1v) is 4.66. The quantitative estimate of drug-likeness (QED) is 0.649. The second-order valence-corrected chi connectivity index (χ2v) is 4.22. The largest absolute Gasteiger partial charge is 0.390 e. The maximum atomic E-state index is 9.51. The summed E-state index contributed by atoms with van der Waals surface area (Å²) in [5, 5.41) is 9.51. The third kappa shape index (κ3) is 3.76. The maximum Gasteiger partial charge on any atom is 0.0626 e. The lowest BCUT2D eigenvalue weighted by atomic mass is 9.82. The summed E-state index contributed by atoms with van der Waals surface area (Å²) >= 11 is 0. The zero-order chi connectivity index (χ0) is 8.32. The van der Waals surface area contributed by atoms with Gasteiger partial charge in [0.15, 0.2) is 0 Å². The van der Waals surface area contributed by atoms with Crippen molar-refractivity contribution in [3.05, 3.63) is 6.42 Å². The van der Waals surface area contributed by atoms with E-state index < -0.39 is 5.60 Å². The van der Waals surface area contributed by atoms with Crippen molar-refractivity contribution < 1.29 is 5.11 Å². The lowest BCUT2D eigenvalue weighted by Crippen LogP contribution is -2.25. The van der Waals surface area contributed by atoms with Gasteiger partial charge in [0, 0.05) is 0 Å². The molecule has 0 aromatic rings. The smallest absolute Gasteiger partial charge is 0.0626 e. The van der Waals surface area contributed by atoms with Crippen LogP contribution in [-0.4, -0.2) is 10.7 Å². The summed E-state index contributed by atoms with van der Waals surface area (Å²) in [5.41, 5.74) is -0.567. The summed E-state index contributed by atoms with van der Waals surface area (Å²) in [5.74, 6) is 0.670. The summed E-state index contributed by atoms with van der Waals surface area (Å²) in [7, 11) is 0. The predicted octanol–water partition coefficient (Wildman–Crippen LogP) is 2.54. The van der Waals surface area contributed by atoms with Gasteiger partial charge in [-0.3, -0.25) is 0 Å². The third-order valence-corrected chi connectivity index (χ3v) is 2.29. The van der Waals surface area contributed by atoms with E-state index in [1.54, 1.807) is 0 Å². The monoisotopic (exact) mass is 155 g/mol. The van der Waals surface area contributed by atoms with Crippen LogP contribution in [0, 0.1) is 12.3 Å². The van der Waals surface area contributed by atoms with E-state index in [1.807, 2.05) is 13.8 Å². The molecular weight excluding hydrogens is 136 g/mol. The topological polar surface area (TPSA) is 20.2 Å². The van der Waals surface area contributed by atoms with Gasteiger partial charge in [0.05, 0.1) is 5.60 Å². The molecular formula is C10H19O. The molecule has 1 fully saturated rings. The molecule has 11 heavy (non-hydrogen) atoms. The fourth-order valence-electron chi connectivity index (χ4n) is 1.88. The van der Waals surface area contributed by atoms with Gasteiger partial charge in [0.1, 0.15) is 0 Å². The summed E-state index contributed by atoms with van der Waals surface area (Å²) in [6, 6.07) is 0. The zero-order valence-electron chi connectivity index (χ0n) is 7.64. The molecule has 0 aliphatic heterocycles. The number of hydrogen-bond acceptors (Lipinski definition) is 1. The normalized spacial score (nSPS) is 22.1. The first kappa shape index (κ1) is 9.05. The molecule has 0 amide bonds. The summed E-state index contributed by atoms with van der Waals surface area (Å²) in [6.45, 7) is 3.73. The molecule has 65 valence electrons. The van der Waals surface area contributed by atoms with Gasteiger partial charge in [-0.05, 0) is 26.2 Å². The summed E-state index contributed by atoms with van der Waals surface area (Å²) in [4.78, 5) is 0. The molecule has 0 bridgehead atoms. The minimum Gasteiger partial charge on any atom is -0.390 e. The van der Waals surface area contributed by atoms with Crippen LogP contribution >= 0.6 is 0 Å². The molecule has 1 radical (unpaired) electrons. The Morgan fingerprint density at radius 2 is 1.73 bits per heavy atom. The van der Waals surface area contributed by atoms with Crippen LogP contribution in [0.5, 0.6) is 0 Å². The Balaban J connectivity index is 2.24. The fourth-order valence-corrected chi connectivity index (χ4v) is 1.88. The van der Waals surface area contributed by atoms with Gasteiger partial charge < -0.3 is 5.11 Å². The third-order valence-electron chi connectivity index (χ3n) is 2.29. The zero-order valence-corrected chi connectivity index (χ0v) is 7.64. The molecule has 1 heteroatoms. The minimum absolute atomic E-state index is 0.567. The molecule has 1 nitrogen and oxygen atoms in total. The lowest BCUT2D eigenvalue weighted by molar-refractivity contribution is 0.0970. The van der Waals surface area contributed by atoms with Crippen LogP contribution in [0.4, 0.5) is 0 Å². The van der Waals surface area contributed by atoms with Crippen molar-refractivity contribution in [2.45, 2.75) is 51.6 Å². The molecule has 1 N–H and O–H groups in total. The molecule has 0 spiro atoms. The van der Waals surface area contributed by atoms with Crippen LogP contribution in [0.25, 0.3) is 0 Å². The van der Waals surface area contributed by atoms with E-state index in [0.29, 0.717) is 5.92 Å². The van der Waals surface area contributed by atoms with Crippen LogP contribution in [0.1, 0.15) is 46.0 Å². The van der Waals surface area contributed by atoms with Gasteiger partial charge in [0.25, 0.3) is 0 Å². The SMILES string of the molecule is CC(C)(O)[CH]C1CCCCC1. The number of hydrogen-bond donors (Lipinski definition) is 1. The molecule has 1 saturated carbocycles. The molecule has 0 saturated heterocycles. The highest BCUT2D eigenvalue weighted by molar-refractivity contribution is 4.91. The van der Waals surface area contributed by atoms with Crippen molar-refractivity contribution in [2.24, 2.45) is 5.92 Å². The van der Waals surface area contributed by atoms with Crippen molar-refractivity contribution in [1.82, 2.24) is 0 Å². The van der Waals surface area contributed by atoms with Gasteiger partial charge in [-0.25, -0.2) is 0 Å². The van der Waals surface area contributed by atoms with E-state index in [9.17, 15) is 5.11 Å². The molecule has 1 aliphatic carbocycles. The average molecular weight is 155 g/mol. The van der Waals surface area contributed by atoms with Gasteiger partial charge in [0.2, 0.25) is 0 Å². The van der Waals surface area contributed by atoms with E-state index in [-0.39, 0.29) is 0 Å². The molecule has 1 aliphatic rings. The Labute approximate surface area is 69.8 Å². The van der Waals surface area contributed by atoms with Crippen molar-refractivity contribution in [2.75, 3.05) is 0 Å². The first-order valence-electron chi connectivity index (χ1n) is 4.66. The van der Waals surface area contributed by atoms with Crippen LogP contribution < -0.4 is 0 Å². The molecule has 0 aromatic heterocycles. The minimum atomic E-state index is -0.567. The molecule has 0 aromatic carbocycles. The van der Waals surface area contributed by atoms with Crippen molar-refractivity contribution in [3.8, 4) is 0 Å². The molecule has 0 atom stereocenters. The Bertz CT molecular complexity index is 107. The predicted molar refractivity (Wildman–Crippen MR) is 47.2 cm³/mol. The summed E-state index contributed by atoms with van der Waals surface area (Å²) < 4.78 is 0. The van der Waals surface area contributed by atoms with Gasteiger partial charge >= 0.3 is 0 Å². The maximum absolute atomic E-state index is 9.51. The second-order valence-electron chi connectivity index (χ2n) is 4.22. The van der Waals surface area contributed by atoms with E-state index in [1.165, 1.54) is 32.1 Å². The fraction of sp³-hybridized carbons (Fsp3) is 0.900. The van der Waals surface area contributed by atoms with Crippen LogP contribution in [0.3, 0.4) is 0 Å². The van der Waals surface area contributed by atoms with Crippen molar-refractivity contribution in [1.29, 1.82) is 0 Å². The van der Waals surface area contributed by atoms with Crippen molar-refractivity contribution >= 4 is 0 Å². The number of aliphatic hydroxyl groups is 1. The first-order chi connectivity index (χ1) is 5.08. The molecule has 1 rings (SSSR count). The highest BCUT2D eigenvalue weighted by Crippen LogP contribution is 2.29. The summed E-state index contributed by atoms with van der Waals surface area (Å²) in [6.07, 6.45) is 8.74. The van der Waals surface area contributed by atoms with Crippen LogP contribution in [-0.2, 0) is 0 Å². The van der Waals surface area contributed by atoms with Gasteiger partial charge in [-0.15, -0.1) is 0 Å². The van der Waals surface area contributed by atoms with E-state index in [4.69, 9.17) is 0 Å². The number of rotatable bonds is 2. The van der Waals surface area contributed by atoms with Gasteiger partial charge in [-0.2, -0.15) is 0 Å². The Kier molecular flexibility index (Phi) is 2.94. The molecule has 0 unspecified atom stereocenters.